The van der Waals surface area contributed by atoms with E-state index in [1.165, 1.54) is 16.8 Å². The summed E-state index contributed by atoms with van der Waals surface area (Å²) in [5.41, 5.74) is 0.690. The van der Waals surface area contributed by atoms with E-state index in [4.69, 9.17) is 4.78 Å². The summed E-state index contributed by atoms with van der Waals surface area (Å²) in [6.07, 6.45) is 8.97. The minimum absolute atomic E-state index is 0.102. The highest BCUT2D eigenvalue weighted by molar-refractivity contribution is 7.90. The molecular weight excluding hydrogens is 422 g/mol. The molecule has 3 rings (SSSR count). The number of anilines is 1. The molecule has 0 saturated carbocycles. The fraction of sp³-hybridized carbons (Fsp3) is 0.409. The molecule has 1 aliphatic heterocycles. The molecule has 2 heterocycles. The van der Waals surface area contributed by atoms with Crippen LogP contribution in [0, 0.1) is 22.3 Å². The van der Waals surface area contributed by atoms with Crippen LogP contribution in [0.5, 0.6) is 0 Å². The van der Waals surface area contributed by atoms with Crippen LogP contribution in [-0.2, 0) is 17.0 Å². The van der Waals surface area contributed by atoms with Crippen molar-refractivity contribution in [2.75, 3.05) is 5.32 Å². The van der Waals surface area contributed by atoms with Crippen molar-refractivity contribution in [3.8, 4) is 0 Å². The van der Waals surface area contributed by atoms with Gasteiger partial charge < -0.3 is 9.88 Å². The maximum Gasteiger partial charge on any atom is 0.272 e. The number of nitrogens with one attached hydrogen (secondary N) is 3. The summed E-state index contributed by atoms with van der Waals surface area (Å²) >= 11 is 0. The van der Waals surface area contributed by atoms with Gasteiger partial charge in [-0.15, -0.1) is 0 Å². The Morgan fingerprint density at radius 3 is 2.55 bits per heavy atom. The van der Waals surface area contributed by atoms with E-state index < -0.39 is 27.5 Å². The van der Waals surface area contributed by atoms with E-state index in [0.29, 0.717) is 5.56 Å². The summed E-state index contributed by atoms with van der Waals surface area (Å²) in [7, 11) is -1.73. The molecule has 1 aliphatic rings. The van der Waals surface area contributed by atoms with Crippen LogP contribution in [0.2, 0.25) is 0 Å². The van der Waals surface area contributed by atoms with E-state index in [-0.39, 0.29) is 28.2 Å². The maximum absolute atomic E-state index is 13.5. The van der Waals surface area contributed by atoms with Crippen LogP contribution in [0.4, 0.5) is 14.5 Å². The zero-order chi connectivity index (χ0) is 22.8. The van der Waals surface area contributed by atoms with Gasteiger partial charge in [0.25, 0.3) is 5.91 Å². The highest BCUT2D eigenvalue weighted by atomic mass is 32.2. The van der Waals surface area contributed by atoms with E-state index in [1.807, 2.05) is 6.08 Å². The molecule has 1 aromatic carbocycles. The van der Waals surface area contributed by atoms with Crippen molar-refractivity contribution in [3.63, 3.8) is 0 Å². The number of rotatable bonds is 7. The van der Waals surface area contributed by atoms with E-state index in [0.717, 1.165) is 37.8 Å². The number of amides is 1. The summed E-state index contributed by atoms with van der Waals surface area (Å²) in [5, 5.41) is 2.55. The average Bonchev–Trinajstić information content (AvgIpc) is 2.99. The fourth-order valence-electron chi connectivity index (χ4n) is 4.05. The van der Waals surface area contributed by atoms with E-state index in [9.17, 15) is 17.8 Å². The molecule has 0 fully saturated rings. The number of fused-ring (bicyclic) bond motifs is 1. The Labute approximate surface area is 181 Å². The number of carbonyl (C=O) groups excluding carboxylic acids is 1. The Balaban J connectivity index is 1.98. The second-order valence-corrected chi connectivity index (χ2v) is 9.63. The van der Waals surface area contributed by atoms with E-state index >= 15 is 0 Å². The van der Waals surface area contributed by atoms with Gasteiger partial charge in [0, 0.05) is 36.6 Å². The second kappa shape index (κ2) is 9.32. The highest BCUT2D eigenvalue weighted by Gasteiger charge is 2.30. The lowest BCUT2D eigenvalue weighted by Gasteiger charge is -2.25. The van der Waals surface area contributed by atoms with Crippen LogP contribution in [-0.4, -0.2) is 20.7 Å². The molecule has 31 heavy (non-hydrogen) atoms. The maximum atomic E-state index is 13.5. The summed E-state index contributed by atoms with van der Waals surface area (Å²) in [6, 6.07) is 2.85. The Morgan fingerprint density at radius 2 is 1.94 bits per heavy atom. The van der Waals surface area contributed by atoms with Crippen molar-refractivity contribution in [1.82, 2.24) is 9.29 Å². The van der Waals surface area contributed by atoms with Crippen molar-refractivity contribution in [3.05, 3.63) is 53.4 Å². The molecule has 0 radical (unpaired) electrons. The van der Waals surface area contributed by atoms with E-state index in [1.54, 1.807) is 13.1 Å². The van der Waals surface area contributed by atoms with Gasteiger partial charge in [0.05, 0.1) is 4.90 Å². The third-order valence-corrected chi connectivity index (χ3v) is 7.03. The minimum atomic E-state index is -3.35. The number of halogens is 2. The van der Waals surface area contributed by atoms with Crippen molar-refractivity contribution < 1.29 is 17.8 Å². The Hall–Kier alpha value is -2.52. The largest absolute Gasteiger partial charge is 0.345 e. The first-order valence-electron chi connectivity index (χ1n) is 10.4. The number of hydrogen-bond donors (Lipinski definition) is 3. The van der Waals surface area contributed by atoms with E-state index in [2.05, 4.69) is 23.9 Å². The molecule has 2 atom stereocenters. The lowest BCUT2D eigenvalue weighted by atomic mass is 9.90. The van der Waals surface area contributed by atoms with Crippen molar-refractivity contribution in [2.24, 2.45) is 13.0 Å². The number of benzene rings is 1. The molecular formula is C22H28F2N4O2S. The van der Waals surface area contributed by atoms with Crippen LogP contribution in [0.25, 0.3) is 6.08 Å². The third-order valence-electron chi connectivity index (χ3n) is 5.49. The minimum Gasteiger partial charge on any atom is -0.345 e. The zero-order valence-corrected chi connectivity index (χ0v) is 18.7. The van der Waals surface area contributed by atoms with Crippen LogP contribution in [0.15, 0.2) is 35.4 Å². The molecule has 0 bridgehead atoms. The summed E-state index contributed by atoms with van der Waals surface area (Å²) in [4.78, 5) is 13.2. The number of carbonyl (C=O) groups is 1. The summed E-state index contributed by atoms with van der Waals surface area (Å²) in [6.45, 7) is 4.19. The van der Waals surface area contributed by atoms with Gasteiger partial charge in [0.1, 0.15) is 15.6 Å². The Bertz CT molecular complexity index is 1100. The predicted octanol–water partition coefficient (Wildman–Crippen LogP) is 5.08. The van der Waals surface area contributed by atoms with Gasteiger partial charge in [-0.3, -0.25) is 4.79 Å². The lowest BCUT2D eigenvalue weighted by Crippen LogP contribution is -2.37. The molecule has 0 spiro atoms. The van der Waals surface area contributed by atoms with Crippen LogP contribution >= 0.6 is 0 Å². The molecule has 168 valence electrons. The normalized spacial score (nSPS) is 20.5. The number of aryl methyl sites for hydroxylation is 1. The second-order valence-electron chi connectivity index (χ2n) is 7.85. The van der Waals surface area contributed by atoms with Crippen LogP contribution in [0.3, 0.4) is 0 Å². The SMILES string of the molecule is CCCC(CCC)[C@@H]1C=Cc2c(cn(C)c2C(=O)Nc2ccc(F)c(F)c2)S(=N)(=O)N1. The summed E-state index contributed by atoms with van der Waals surface area (Å²) < 4.78 is 53.0. The standard InChI is InChI=1S/C22H28F2N4O2S/c1-4-6-14(7-5-2)19-11-9-16-20(31(25,30)27-19)13-28(3)21(16)22(29)26-15-8-10-17(23)18(24)12-15/h8-14,19H,4-7H2,1-3H3,(H,26,29)(H2,25,27,30)/t19-,31?/m0/s1. The highest BCUT2D eigenvalue weighted by Crippen LogP contribution is 2.30. The third kappa shape index (κ3) is 4.88. The molecule has 0 aliphatic carbocycles. The van der Waals surface area contributed by atoms with Crippen molar-refractivity contribution in [2.45, 2.75) is 50.5 Å². The first-order valence-corrected chi connectivity index (χ1v) is 11.9. The fourth-order valence-corrected chi connectivity index (χ4v) is 5.61. The molecule has 1 aromatic heterocycles. The smallest absolute Gasteiger partial charge is 0.272 e. The molecule has 0 saturated heterocycles. The van der Waals surface area contributed by atoms with Gasteiger partial charge in [-0.25, -0.2) is 22.5 Å². The van der Waals surface area contributed by atoms with Gasteiger partial charge in [-0.2, -0.15) is 0 Å². The monoisotopic (exact) mass is 450 g/mol. The van der Waals surface area contributed by atoms with Crippen molar-refractivity contribution in [1.29, 1.82) is 4.78 Å². The number of aromatic nitrogens is 1. The Morgan fingerprint density at radius 1 is 1.26 bits per heavy atom. The predicted molar refractivity (Wildman–Crippen MR) is 118 cm³/mol. The molecule has 1 unspecified atom stereocenters. The van der Waals surface area contributed by atoms with Crippen LogP contribution in [0.1, 0.15) is 55.6 Å². The first-order chi connectivity index (χ1) is 14.7. The molecule has 9 heteroatoms. The molecule has 1 amide bonds. The van der Waals surface area contributed by atoms with Crippen LogP contribution < -0.4 is 10.0 Å². The first kappa shape index (κ1) is 23.1. The van der Waals surface area contributed by atoms with Gasteiger partial charge >= 0.3 is 0 Å². The number of hydrogen-bond acceptors (Lipinski definition) is 3. The van der Waals surface area contributed by atoms with Gasteiger partial charge in [-0.05, 0) is 30.9 Å². The van der Waals surface area contributed by atoms with Gasteiger partial charge in [-0.1, -0.05) is 38.8 Å². The summed E-state index contributed by atoms with van der Waals surface area (Å²) in [5.74, 6) is -2.41. The van der Waals surface area contributed by atoms with Crippen molar-refractivity contribution >= 4 is 27.6 Å². The molecule has 2 aromatic rings. The van der Waals surface area contributed by atoms with Gasteiger partial charge in [0.2, 0.25) is 0 Å². The average molecular weight is 451 g/mol. The van der Waals surface area contributed by atoms with Gasteiger partial charge in [0.15, 0.2) is 11.6 Å². The quantitative estimate of drug-likeness (QED) is 0.550. The lowest BCUT2D eigenvalue weighted by molar-refractivity contribution is 0.101. The molecule has 3 N–H and O–H groups in total. The molecule has 6 nitrogen and oxygen atoms in total. The Kier molecular flexibility index (Phi) is 6.96. The zero-order valence-electron chi connectivity index (χ0n) is 17.9. The number of nitrogens with zero attached hydrogens (tertiary/aromatic N) is 1. The topological polar surface area (TPSA) is 87.0 Å².